The molecule has 15 N–H and O–H groups in total. The van der Waals surface area contributed by atoms with Gasteiger partial charge in [0.05, 0.1) is 13.0 Å². The fourth-order valence-corrected chi connectivity index (χ4v) is 6.63. The number of nitrogens with two attached hydrogens (primary N) is 4. The van der Waals surface area contributed by atoms with Crippen molar-refractivity contribution in [3.8, 4) is 0 Å². The first-order valence-corrected chi connectivity index (χ1v) is 20.1. The molecule has 1 aliphatic rings. The van der Waals surface area contributed by atoms with Crippen LogP contribution in [-0.4, -0.2) is 125 Å². The largest absolute Gasteiger partial charge is 0.394 e. The summed E-state index contributed by atoms with van der Waals surface area (Å²) in [6.45, 7) is 6.71. The Bertz CT molecular complexity index is 1660. The van der Waals surface area contributed by atoms with Gasteiger partial charge in [-0.05, 0) is 55.9 Å². The smallest absolute Gasteiger partial charge is 0.312 e. The van der Waals surface area contributed by atoms with Crippen molar-refractivity contribution in [1.29, 1.82) is 0 Å². The Kier molecular flexibility index (Phi) is 20.9. The highest BCUT2D eigenvalue weighted by molar-refractivity contribution is 5.98. The van der Waals surface area contributed by atoms with E-state index in [1.165, 1.54) is 4.90 Å². The second-order valence-corrected chi connectivity index (χ2v) is 15.7. The van der Waals surface area contributed by atoms with E-state index in [0.29, 0.717) is 18.4 Å². The molecule has 0 bridgehead atoms. The summed E-state index contributed by atoms with van der Waals surface area (Å²) in [5.41, 5.74) is 22.5. The summed E-state index contributed by atoms with van der Waals surface area (Å²) in [7, 11) is 0. The first-order chi connectivity index (χ1) is 28.2. The minimum Gasteiger partial charge on any atom is -0.394 e. The van der Waals surface area contributed by atoms with E-state index >= 15 is 0 Å². The number of nitrogens with zero attached hydrogens (tertiary/aromatic N) is 1. The van der Waals surface area contributed by atoms with E-state index < -0.39 is 109 Å². The van der Waals surface area contributed by atoms with Gasteiger partial charge in [-0.2, -0.15) is 0 Å². The summed E-state index contributed by atoms with van der Waals surface area (Å²) in [4.78, 5) is 118. The third kappa shape index (κ3) is 17.2. The molecule has 2 rings (SSSR count). The number of hydrogen-bond donors (Lipinski definition) is 11. The molecule has 7 atom stereocenters. The highest BCUT2D eigenvalue weighted by Gasteiger charge is 2.39. The zero-order chi connectivity index (χ0) is 45.1. The Morgan fingerprint density at radius 1 is 0.717 bits per heavy atom. The van der Waals surface area contributed by atoms with Gasteiger partial charge < -0.3 is 64.8 Å². The molecule has 1 fully saturated rings. The van der Waals surface area contributed by atoms with Crippen LogP contribution >= 0.6 is 0 Å². The van der Waals surface area contributed by atoms with Crippen molar-refractivity contribution in [2.75, 3.05) is 19.7 Å². The number of benzene rings is 1. The number of hydrogen-bond acceptors (Lipinski definition) is 11. The third-order valence-electron chi connectivity index (χ3n) is 9.62. The molecule has 1 aromatic carbocycles. The Balaban J connectivity index is 2.38. The van der Waals surface area contributed by atoms with Crippen molar-refractivity contribution in [2.24, 2.45) is 34.8 Å². The molecule has 1 heterocycles. The molecule has 0 radical (unpaired) electrons. The quantitative estimate of drug-likeness (QED) is 0.0437. The van der Waals surface area contributed by atoms with Crippen LogP contribution in [0.1, 0.15) is 78.2 Å². The van der Waals surface area contributed by atoms with E-state index in [2.05, 4.69) is 31.9 Å². The SMILES string of the molecule is CC(C)C[C@H](NC(=O)[C@H](CC(C)C)NC(=O)[C@H](Cc1ccccc1)NC(=O)[C@@H](N)CO)C(=O)N[C@@H](CCCNC(N)=O)C(=O)N[C@@H](CC(N)=O)C(=O)N1CCC[C@H]1C(N)=O. The van der Waals surface area contributed by atoms with Gasteiger partial charge in [0.15, 0.2) is 0 Å². The topological polar surface area (TPSA) is 353 Å². The van der Waals surface area contributed by atoms with Crippen molar-refractivity contribution in [1.82, 2.24) is 36.8 Å². The van der Waals surface area contributed by atoms with E-state index in [-0.39, 0.29) is 57.0 Å². The average Bonchev–Trinajstić information content (AvgIpc) is 3.67. The van der Waals surface area contributed by atoms with Crippen molar-refractivity contribution < 1.29 is 48.3 Å². The summed E-state index contributed by atoms with van der Waals surface area (Å²) >= 11 is 0. The third-order valence-corrected chi connectivity index (χ3v) is 9.62. The van der Waals surface area contributed by atoms with Crippen LogP contribution < -0.4 is 54.8 Å². The Labute approximate surface area is 349 Å². The monoisotopic (exact) mass is 845 g/mol. The highest BCUT2D eigenvalue weighted by Crippen LogP contribution is 2.19. The van der Waals surface area contributed by atoms with Crippen molar-refractivity contribution >= 4 is 53.3 Å². The summed E-state index contributed by atoms with van der Waals surface area (Å²) in [6.07, 6.45) is 0.348. The average molecular weight is 846 g/mol. The Morgan fingerprint density at radius 3 is 1.72 bits per heavy atom. The fourth-order valence-electron chi connectivity index (χ4n) is 6.63. The predicted octanol–water partition coefficient (Wildman–Crippen LogP) is -3.13. The van der Waals surface area contributed by atoms with Gasteiger partial charge in [-0.3, -0.25) is 38.4 Å². The summed E-state index contributed by atoms with van der Waals surface area (Å²) < 4.78 is 0. The molecule has 334 valence electrons. The van der Waals surface area contributed by atoms with E-state index in [1.54, 1.807) is 44.2 Å². The number of likely N-dealkylation sites (tertiary alicyclic amines) is 1. The fraction of sp³-hybridized carbons (Fsp3) is 0.615. The van der Waals surface area contributed by atoms with Crippen LogP contribution in [0.2, 0.25) is 0 Å². The number of urea groups is 1. The summed E-state index contributed by atoms with van der Waals surface area (Å²) in [5.74, 6) is -6.71. The van der Waals surface area contributed by atoms with Crippen LogP contribution in [-0.2, 0) is 44.8 Å². The predicted molar refractivity (Wildman–Crippen MR) is 218 cm³/mol. The highest BCUT2D eigenvalue weighted by atomic mass is 16.3. The minimum absolute atomic E-state index is 0.00704. The number of aliphatic hydroxyl groups excluding tert-OH is 1. The molecular weight excluding hydrogens is 782 g/mol. The molecule has 1 aliphatic heterocycles. The molecule has 0 spiro atoms. The number of amides is 10. The molecule has 1 saturated heterocycles. The van der Waals surface area contributed by atoms with Gasteiger partial charge in [-0.15, -0.1) is 0 Å². The van der Waals surface area contributed by atoms with Crippen LogP contribution in [0.25, 0.3) is 0 Å². The standard InChI is InChI=1S/C39H63N11O10/c1-21(2)16-26(47-36(57)27(17-22(3)4)48-37(58)28(46-33(54)24(40)20-51)18-23-10-6-5-7-11-23)35(56)45-25(12-8-14-44-39(43)60)34(55)49-29(19-31(41)52)38(59)50-15-9-13-30(50)32(42)53/h5-7,10-11,21-22,24-30,51H,8-9,12-20,40H2,1-4H3,(H2,41,52)(H2,42,53)(H,45,56)(H,46,54)(H,47,57)(H,48,58)(H,49,55)(H3,43,44,60)/t24-,25-,26-,27-,28-,29-,30-/m0/s1. The van der Waals surface area contributed by atoms with Gasteiger partial charge in [0.2, 0.25) is 47.3 Å². The van der Waals surface area contributed by atoms with Gasteiger partial charge in [-0.1, -0.05) is 58.0 Å². The first-order valence-electron chi connectivity index (χ1n) is 20.1. The molecule has 0 aromatic heterocycles. The Hall–Kier alpha value is -5.83. The lowest BCUT2D eigenvalue weighted by atomic mass is 9.98. The van der Waals surface area contributed by atoms with Crippen LogP contribution in [0.5, 0.6) is 0 Å². The van der Waals surface area contributed by atoms with Gasteiger partial charge in [0.25, 0.3) is 0 Å². The maximum absolute atomic E-state index is 14.0. The number of carbonyl (C=O) groups is 9. The molecule has 21 nitrogen and oxygen atoms in total. The number of rotatable bonds is 25. The molecule has 10 amide bonds. The zero-order valence-electron chi connectivity index (χ0n) is 34.7. The van der Waals surface area contributed by atoms with Crippen molar-refractivity contribution in [3.05, 3.63) is 35.9 Å². The second-order valence-electron chi connectivity index (χ2n) is 15.7. The zero-order valence-corrected chi connectivity index (χ0v) is 34.7. The number of carbonyl (C=O) groups excluding carboxylic acids is 9. The summed E-state index contributed by atoms with van der Waals surface area (Å²) in [6, 6.07) is -0.865. The lowest BCUT2D eigenvalue weighted by Crippen LogP contribution is -2.60. The molecule has 1 aromatic rings. The molecule has 0 aliphatic carbocycles. The molecule has 21 heteroatoms. The van der Waals surface area contributed by atoms with Crippen LogP contribution in [0, 0.1) is 11.8 Å². The Morgan fingerprint density at radius 2 is 1.22 bits per heavy atom. The van der Waals surface area contributed by atoms with E-state index in [0.717, 1.165) is 0 Å². The lowest BCUT2D eigenvalue weighted by Gasteiger charge is -2.30. The minimum atomic E-state index is -1.51. The maximum atomic E-state index is 14.0. The number of aliphatic hydroxyl groups is 1. The normalized spacial score (nSPS) is 16.7. The van der Waals surface area contributed by atoms with Gasteiger partial charge in [0, 0.05) is 19.5 Å². The molecular formula is C39H63N11O10. The molecule has 0 unspecified atom stereocenters. The van der Waals surface area contributed by atoms with Gasteiger partial charge in [-0.25, -0.2) is 4.79 Å². The van der Waals surface area contributed by atoms with E-state index in [9.17, 15) is 48.3 Å². The van der Waals surface area contributed by atoms with Crippen LogP contribution in [0.3, 0.4) is 0 Å². The van der Waals surface area contributed by atoms with Crippen LogP contribution in [0.4, 0.5) is 4.79 Å². The lowest BCUT2D eigenvalue weighted by molar-refractivity contribution is -0.142. The van der Waals surface area contributed by atoms with E-state index in [1.807, 2.05) is 13.8 Å². The molecule has 60 heavy (non-hydrogen) atoms. The summed E-state index contributed by atoms with van der Waals surface area (Å²) in [5, 5.41) is 24.8. The maximum Gasteiger partial charge on any atom is 0.312 e. The first kappa shape index (κ1) is 50.3. The second kappa shape index (κ2) is 24.9. The van der Waals surface area contributed by atoms with Crippen molar-refractivity contribution in [2.45, 2.75) is 121 Å². The van der Waals surface area contributed by atoms with E-state index in [4.69, 9.17) is 22.9 Å². The molecule has 0 saturated carbocycles. The number of nitrogens with one attached hydrogen (secondary N) is 6. The van der Waals surface area contributed by atoms with Gasteiger partial charge >= 0.3 is 6.03 Å². The van der Waals surface area contributed by atoms with Crippen LogP contribution in [0.15, 0.2) is 30.3 Å². The number of primary amides is 3. The van der Waals surface area contributed by atoms with Crippen molar-refractivity contribution in [3.63, 3.8) is 0 Å². The van der Waals surface area contributed by atoms with Gasteiger partial charge in [0.1, 0.15) is 42.3 Å².